The number of carbonyl (C=O) groups excluding carboxylic acids is 1. The number of piperidine rings is 1. The van der Waals surface area contributed by atoms with Gasteiger partial charge in [-0.1, -0.05) is 51.1 Å². The van der Waals surface area contributed by atoms with E-state index in [1.54, 1.807) is 6.20 Å². The van der Waals surface area contributed by atoms with Crippen LogP contribution in [0.1, 0.15) is 56.4 Å². The molecule has 0 radical (unpaired) electrons. The maximum absolute atomic E-state index is 12.8. The molecular weight excluding hydrogens is 346 g/mol. The monoisotopic (exact) mass is 379 g/mol. The molecule has 0 unspecified atom stereocenters. The number of carbonyl (C=O) groups is 1. The smallest absolute Gasteiger partial charge is 0.229 e. The van der Waals surface area contributed by atoms with Crippen LogP contribution in [-0.2, 0) is 17.9 Å². The fourth-order valence-electron chi connectivity index (χ4n) is 4.09. The first-order chi connectivity index (χ1) is 13.5. The Morgan fingerprint density at radius 3 is 2.57 bits per heavy atom. The predicted octanol–water partition coefficient (Wildman–Crippen LogP) is 4.37. The van der Waals surface area contributed by atoms with Crippen molar-refractivity contribution < 1.29 is 4.79 Å². The molecule has 0 bridgehead atoms. The van der Waals surface area contributed by atoms with Crippen molar-refractivity contribution in [1.82, 2.24) is 15.2 Å². The van der Waals surface area contributed by atoms with Crippen LogP contribution in [0.25, 0.3) is 0 Å². The van der Waals surface area contributed by atoms with E-state index in [9.17, 15) is 4.79 Å². The number of nitrogens with one attached hydrogen (secondary N) is 1. The van der Waals surface area contributed by atoms with Crippen molar-refractivity contribution in [3.63, 3.8) is 0 Å². The first kappa shape index (κ1) is 20.5. The molecule has 1 fully saturated rings. The van der Waals surface area contributed by atoms with Crippen LogP contribution in [0.5, 0.6) is 0 Å². The van der Waals surface area contributed by atoms with Crippen LogP contribution >= 0.6 is 0 Å². The van der Waals surface area contributed by atoms with Crippen molar-refractivity contribution in [2.75, 3.05) is 13.1 Å². The van der Waals surface area contributed by atoms with E-state index in [1.165, 1.54) is 31.5 Å². The van der Waals surface area contributed by atoms with E-state index in [2.05, 4.69) is 60.2 Å². The van der Waals surface area contributed by atoms with Gasteiger partial charge in [-0.2, -0.15) is 0 Å². The topological polar surface area (TPSA) is 45.2 Å². The van der Waals surface area contributed by atoms with Gasteiger partial charge in [0, 0.05) is 25.8 Å². The molecule has 0 spiro atoms. The number of hydrogen-bond acceptors (Lipinski definition) is 3. The van der Waals surface area contributed by atoms with Gasteiger partial charge in [0.1, 0.15) is 0 Å². The summed E-state index contributed by atoms with van der Waals surface area (Å²) in [5.41, 5.74) is 3.31. The molecule has 2 aromatic rings. The SMILES string of the molecule is CC(C)[C@@H](C(=O)NCc1ccc(CN2CCC[C@H](C)C2)cc1)c1ccccn1. The maximum Gasteiger partial charge on any atom is 0.229 e. The average Bonchev–Trinajstić information content (AvgIpc) is 2.68. The van der Waals surface area contributed by atoms with Crippen LogP contribution in [0.3, 0.4) is 0 Å². The maximum atomic E-state index is 12.8. The fourth-order valence-corrected chi connectivity index (χ4v) is 4.09. The van der Waals surface area contributed by atoms with Crippen molar-refractivity contribution in [2.45, 2.75) is 52.6 Å². The van der Waals surface area contributed by atoms with Gasteiger partial charge in [-0.25, -0.2) is 0 Å². The molecule has 0 saturated carbocycles. The largest absolute Gasteiger partial charge is 0.351 e. The summed E-state index contributed by atoms with van der Waals surface area (Å²) in [7, 11) is 0. The lowest BCUT2D eigenvalue weighted by atomic mass is 9.91. The van der Waals surface area contributed by atoms with Crippen molar-refractivity contribution in [2.24, 2.45) is 11.8 Å². The molecule has 4 nitrogen and oxygen atoms in total. The lowest BCUT2D eigenvalue weighted by Crippen LogP contribution is -2.33. The second-order valence-electron chi connectivity index (χ2n) is 8.49. The minimum atomic E-state index is -0.221. The van der Waals surface area contributed by atoms with E-state index in [4.69, 9.17) is 0 Å². The molecule has 1 aliphatic rings. The van der Waals surface area contributed by atoms with Crippen LogP contribution in [0.4, 0.5) is 0 Å². The number of aromatic nitrogens is 1. The predicted molar refractivity (Wildman–Crippen MR) is 114 cm³/mol. The van der Waals surface area contributed by atoms with Crippen molar-refractivity contribution in [3.05, 3.63) is 65.5 Å². The van der Waals surface area contributed by atoms with E-state index in [1.807, 2.05) is 18.2 Å². The van der Waals surface area contributed by atoms with Crippen LogP contribution < -0.4 is 5.32 Å². The number of hydrogen-bond donors (Lipinski definition) is 1. The molecular formula is C24H33N3O. The summed E-state index contributed by atoms with van der Waals surface area (Å²) >= 11 is 0. The van der Waals surface area contributed by atoms with Crippen LogP contribution in [0.15, 0.2) is 48.7 Å². The van der Waals surface area contributed by atoms with Gasteiger partial charge in [0.05, 0.1) is 11.6 Å². The number of likely N-dealkylation sites (tertiary alicyclic amines) is 1. The van der Waals surface area contributed by atoms with Gasteiger partial charge in [-0.05, 0) is 54.5 Å². The third kappa shape index (κ3) is 5.65. The number of nitrogens with zero attached hydrogens (tertiary/aromatic N) is 2. The Balaban J connectivity index is 1.54. The average molecular weight is 380 g/mol. The molecule has 2 heterocycles. The van der Waals surface area contributed by atoms with Gasteiger partial charge >= 0.3 is 0 Å². The summed E-state index contributed by atoms with van der Waals surface area (Å²) in [6.07, 6.45) is 4.41. The highest BCUT2D eigenvalue weighted by Gasteiger charge is 2.25. The molecule has 150 valence electrons. The zero-order valence-electron chi connectivity index (χ0n) is 17.4. The first-order valence-electron chi connectivity index (χ1n) is 10.5. The minimum Gasteiger partial charge on any atom is -0.351 e. The van der Waals surface area contributed by atoms with Gasteiger partial charge < -0.3 is 5.32 Å². The molecule has 28 heavy (non-hydrogen) atoms. The highest BCUT2D eigenvalue weighted by atomic mass is 16.1. The van der Waals surface area contributed by atoms with Gasteiger partial charge in [0.15, 0.2) is 0 Å². The highest BCUT2D eigenvalue weighted by Crippen LogP contribution is 2.23. The minimum absolute atomic E-state index is 0.0417. The number of benzene rings is 1. The zero-order valence-corrected chi connectivity index (χ0v) is 17.4. The summed E-state index contributed by atoms with van der Waals surface area (Å²) in [6, 6.07) is 14.4. The van der Waals surface area contributed by atoms with Gasteiger partial charge in [-0.15, -0.1) is 0 Å². The molecule has 1 N–H and O–H groups in total. The second-order valence-corrected chi connectivity index (χ2v) is 8.49. The molecule has 1 aromatic carbocycles. The third-order valence-electron chi connectivity index (χ3n) is 5.59. The number of rotatable bonds is 7. The molecule has 1 amide bonds. The van der Waals surface area contributed by atoms with E-state index in [0.717, 1.165) is 23.7 Å². The normalized spacial score (nSPS) is 18.8. The molecule has 3 rings (SSSR count). The van der Waals surface area contributed by atoms with E-state index in [0.29, 0.717) is 6.54 Å². The number of amides is 1. The van der Waals surface area contributed by atoms with Crippen LogP contribution in [-0.4, -0.2) is 28.9 Å². The molecule has 1 saturated heterocycles. The van der Waals surface area contributed by atoms with E-state index < -0.39 is 0 Å². The number of pyridine rings is 1. The second kappa shape index (κ2) is 9.83. The van der Waals surface area contributed by atoms with Gasteiger partial charge in [0.25, 0.3) is 0 Å². The summed E-state index contributed by atoms with van der Waals surface area (Å²) in [5, 5.41) is 3.10. The Morgan fingerprint density at radius 2 is 1.93 bits per heavy atom. The standard InChI is InChI=1S/C24H33N3O/c1-18(2)23(22-8-4-5-13-25-22)24(28)26-15-20-9-11-21(12-10-20)17-27-14-6-7-19(3)16-27/h4-5,8-13,18-19,23H,6-7,14-17H2,1-3H3,(H,26,28)/t19-,23+/m0/s1. The zero-order chi connectivity index (χ0) is 19.9. The Morgan fingerprint density at radius 1 is 1.18 bits per heavy atom. The van der Waals surface area contributed by atoms with Crippen LogP contribution in [0, 0.1) is 11.8 Å². The quantitative estimate of drug-likeness (QED) is 0.777. The lowest BCUT2D eigenvalue weighted by Gasteiger charge is -2.30. The fraction of sp³-hybridized carbons (Fsp3) is 0.500. The summed E-state index contributed by atoms with van der Waals surface area (Å²) in [6.45, 7) is 10.4. The Kier molecular flexibility index (Phi) is 7.21. The third-order valence-corrected chi connectivity index (χ3v) is 5.59. The molecule has 1 aliphatic heterocycles. The lowest BCUT2D eigenvalue weighted by molar-refractivity contribution is -0.123. The van der Waals surface area contributed by atoms with E-state index >= 15 is 0 Å². The van der Waals surface area contributed by atoms with Crippen molar-refractivity contribution in [1.29, 1.82) is 0 Å². The van der Waals surface area contributed by atoms with Crippen LogP contribution in [0.2, 0.25) is 0 Å². The molecule has 2 atom stereocenters. The summed E-state index contributed by atoms with van der Waals surface area (Å²) < 4.78 is 0. The first-order valence-corrected chi connectivity index (χ1v) is 10.5. The molecule has 4 heteroatoms. The van der Waals surface area contributed by atoms with Gasteiger partial charge in [0.2, 0.25) is 5.91 Å². The van der Waals surface area contributed by atoms with Gasteiger partial charge in [-0.3, -0.25) is 14.7 Å². The van der Waals surface area contributed by atoms with Crippen molar-refractivity contribution >= 4 is 5.91 Å². The summed E-state index contributed by atoms with van der Waals surface area (Å²) in [4.78, 5) is 19.7. The molecule has 1 aromatic heterocycles. The Labute approximate surface area is 169 Å². The Hall–Kier alpha value is -2.20. The van der Waals surface area contributed by atoms with E-state index in [-0.39, 0.29) is 17.7 Å². The highest BCUT2D eigenvalue weighted by molar-refractivity contribution is 5.83. The summed E-state index contributed by atoms with van der Waals surface area (Å²) in [5.74, 6) is 0.821. The molecule has 0 aliphatic carbocycles. The Bertz CT molecular complexity index is 742. The van der Waals surface area contributed by atoms with Crippen molar-refractivity contribution in [3.8, 4) is 0 Å².